The normalized spacial score (nSPS) is 15.9. The van der Waals surface area contributed by atoms with Crippen molar-refractivity contribution in [2.24, 2.45) is 0 Å². The first kappa shape index (κ1) is 22.6. The largest absolute Gasteiger partial charge is 0.416 e. The minimum absolute atomic E-state index is 0.00840. The first-order valence-electron chi connectivity index (χ1n) is 8.91. The highest BCUT2D eigenvalue weighted by atomic mass is 32.2. The Bertz CT molecular complexity index is 1000. The zero-order valence-electron chi connectivity index (χ0n) is 15.6. The molecule has 0 radical (unpaired) electrons. The fourth-order valence-electron chi connectivity index (χ4n) is 2.93. The monoisotopic (exact) mass is 462 g/mol. The van der Waals surface area contributed by atoms with Gasteiger partial charge < -0.3 is 4.90 Å². The first-order chi connectivity index (χ1) is 14.1. The highest BCUT2D eigenvalue weighted by Crippen LogP contribution is 2.31. The van der Waals surface area contributed by atoms with Crippen molar-refractivity contribution in [3.05, 3.63) is 59.9 Å². The molecule has 1 aliphatic heterocycles. The summed E-state index contributed by atoms with van der Waals surface area (Å²) in [6.07, 6.45) is -4.64. The zero-order valence-corrected chi connectivity index (χ0v) is 17.2. The molecule has 3 rings (SSSR count). The number of carbonyl (C=O) groups excluding carboxylic acids is 1. The highest BCUT2D eigenvalue weighted by Gasteiger charge is 2.34. The number of piperazine rings is 1. The van der Waals surface area contributed by atoms with Gasteiger partial charge in [-0.3, -0.25) is 4.79 Å². The Morgan fingerprint density at radius 3 is 2.23 bits per heavy atom. The second-order valence-electron chi connectivity index (χ2n) is 6.55. The Morgan fingerprint density at radius 1 is 1.00 bits per heavy atom. The fraction of sp³-hybridized carbons (Fsp3) is 0.316. The Kier molecular flexibility index (Phi) is 6.73. The summed E-state index contributed by atoms with van der Waals surface area (Å²) in [4.78, 5) is 14.2. The average Bonchev–Trinajstić information content (AvgIpc) is 2.72. The highest BCUT2D eigenvalue weighted by molar-refractivity contribution is 8.00. The van der Waals surface area contributed by atoms with Crippen molar-refractivity contribution in [3.8, 4) is 0 Å². The number of amides is 1. The van der Waals surface area contributed by atoms with E-state index in [2.05, 4.69) is 0 Å². The minimum Gasteiger partial charge on any atom is -0.339 e. The van der Waals surface area contributed by atoms with Crippen LogP contribution in [-0.4, -0.2) is 55.5 Å². The summed E-state index contributed by atoms with van der Waals surface area (Å²) in [6, 6.07) is 9.33. The van der Waals surface area contributed by atoms with E-state index in [4.69, 9.17) is 0 Å². The lowest BCUT2D eigenvalue weighted by atomic mass is 10.2. The van der Waals surface area contributed by atoms with Gasteiger partial charge >= 0.3 is 6.18 Å². The maximum absolute atomic E-state index is 12.9. The van der Waals surface area contributed by atoms with E-state index in [1.807, 2.05) is 0 Å². The molecular weight excluding hydrogens is 444 g/mol. The van der Waals surface area contributed by atoms with Crippen LogP contribution in [0.25, 0.3) is 0 Å². The molecule has 1 saturated heterocycles. The number of thioether (sulfide) groups is 1. The van der Waals surface area contributed by atoms with Crippen molar-refractivity contribution in [2.45, 2.75) is 16.0 Å². The molecule has 1 heterocycles. The predicted octanol–water partition coefficient (Wildman–Crippen LogP) is 3.47. The number of rotatable bonds is 5. The van der Waals surface area contributed by atoms with E-state index >= 15 is 0 Å². The van der Waals surface area contributed by atoms with Gasteiger partial charge in [0.25, 0.3) is 0 Å². The minimum atomic E-state index is -4.64. The van der Waals surface area contributed by atoms with Crippen LogP contribution < -0.4 is 0 Å². The number of hydrogen-bond donors (Lipinski definition) is 0. The standard InChI is InChI=1S/C19H18F4N2O3S2/c20-15-4-6-16(7-5-15)29-13-18(26)24-8-10-25(11-9-24)30(27,28)17-3-1-2-14(12-17)19(21,22)23/h1-7,12H,8-11,13H2. The predicted molar refractivity (Wildman–Crippen MR) is 104 cm³/mol. The fourth-order valence-corrected chi connectivity index (χ4v) is 5.20. The molecule has 0 N–H and O–H groups in total. The summed E-state index contributed by atoms with van der Waals surface area (Å²) >= 11 is 1.24. The van der Waals surface area contributed by atoms with E-state index in [0.717, 1.165) is 27.4 Å². The second-order valence-corrected chi connectivity index (χ2v) is 9.54. The van der Waals surface area contributed by atoms with Crippen LogP contribution in [0.4, 0.5) is 17.6 Å². The Labute approximate surface area is 175 Å². The molecule has 1 fully saturated rings. The molecule has 2 aromatic rings. The second kappa shape index (κ2) is 8.94. The van der Waals surface area contributed by atoms with Crippen LogP contribution in [0.15, 0.2) is 58.3 Å². The lowest BCUT2D eigenvalue weighted by molar-refractivity contribution is -0.137. The van der Waals surface area contributed by atoms with E-state index in [1.54, 1.807) is 12.1 Å². The van der Waals surface area contributed by atoms with Crippen molar-refractivity contribution in [3.63, 3.8) is 0 Å². The molecule has 0 spiro atoms. The van der Waals surface area contributed by atoms with Crippen molar-refractivity contribution >= 4 is 27.7 Å². The van der Waals surface area contributed by atoms with E-state index < -0.39 is 26.7 Å². The van der Waals surface area contributed by atoms with Gasteiger partial charge in [-0.2, -0.15) is 17.5 Å². The summed E-state index contributed by atoms with van der Waals surface area (Å²) in [5.41, 5.74) is -1.03. The van der Waals surface area contributed by atoms with Gasteiger partial charge in [-0.1, -0.05) is 6.07 Å². The Morgan fingerprint density at radius 2 is 1.63 bits per heavy atom. The topological polar surface area (TPSA) is 57.7 Å². The maximum Gasteiger partial charge on any atom is 0.416 e. The van der Waals surface area contributed by atoms with Gasteiger partial charge in [-0.05, 0) is 42.5 Å². The van der Waals surface area contributed by atoms with Crippen molar-refractivity contribution < 1.29 is 30.8 Å². The summed E-state index contributed by atoms with van der Waals surface area (Å²) < 4.78 is 78.0. The lowest BCUT2D eigenvalue weighted by Gasteiger charge is -2.34. The molecule has 11 heteroatoms. The van der Waals surface area contributed by atoms with Crippen molar-refractivity contribution in [1.29, 1.82) is 0 Å². The quantitative estimate of drug-likeness (QED) is 0.505. The Hall–Kier alpha value is -2.11. The molecule has 0 unspecified atom stereocenters. The van der Waals surface area contributed by atoms with Crippen LogP contribution in [0.3, 0.4) is 0 Å². The van der Waals surface area contributed by atoms with Crippen molar-refractivity contribution in [2.75, 3.05) is 31.9 Å². The molecule has 0 atom stereocenters. The third-order valence-electron chi connectivity index (χ3n) is 4.57. The van der Waals surface area contributed by atoms with E-state index in [0.29, 0.717) is 6.07 Å². The summed E-state index contributed by atoms with van der Waals surface area (Å²) in [5.74, 6) is -0.448. The third-order valence-corrected chi connectivity index (χ3v) is 7.46. The molecule has 2 aromatic carbocycles. The number of benzene rings is 2. The average molecular weight is 462 g/mol. The van der Waals surface area contributed by atoms with Crippen LogP contribution >= 0.6 is 11.8 Å². The number of carbonyl (C=O) groups is 1. The lowest BCUT2D eigenvalue weighted by Crippen LogP contribution is -2.51. The van der Waals surface area contributed by atoms with Crippen LogP contribution in [0.5, 0.6) is 0 Å². The van der Waals surface area contributed by atoms with Gasteiger partial charge in [-0.25, -0.2) is 12.8 Å². The van der Waals surface area contributed by atoms with Gasteiger partial charge in [0.1, 0.15) is 5.82 Å². The van der Waals surface area contributed by atoms with Gasteiger partial charge in [0, 0.05) is 31.1 Å². The van der Waals surface area contributed by atoms with Crippen LogP contribution in [0, 0.1) is 5.82 Å². The van der Waals surface area contributed by atoms with E-state index in [9.17, 15) is 30.8 Å². The Balaban J connectivity index is 1.59. The van der Waals surface area contributed by atoms with Crippen LogP contribution in [-0.2, 0) is 21.0 Å². The molecular formula is C19H18F4N2O3S2. The number of hydrogen-bond acceptors (Lipinski definition) is 4. The van der Waals surface area contributed by atoms with Crippen LogP contribution in [0.1, 0.15) is 5.56 Å². The summed E-state index contributed by atoms with van der Waals surface area (Å²) in [6.45, 7) is 0.263. The third kappa shape index (κ3) is 5.32. The number of alkyl halides is 3. The molecule has 30 heavy (non-hydrogen) atoms. The smallest absolute Gasteiger partial charge is 0.339 e. The van der Waals surface area contributed by atoms with E-state index in [1.165, 1.54) is 28.8 Å². The number of sulfonamides is 1. The molecule has 1 aliphatic rings. The van der Waals surface area contributed by atoms with Crippen molar-refractivity contribution in [1.82, 2.24) is 9.21 Å². The molecule has 162 valence electrons. The van der Waals surface area contributed by atoms with Gasteiger partial charge in [0.15, 0.2) is 0 Å². The van der Waals surface area contributed by atoms with E-state index in [-0.39, 0.29) is 43.7 Å². The first-order valence-corrected chi connectivity index (χ1v) is 11.3. The molecule has 0 saturated carbocycles. The zero-order chi connectivity index (χ0) is 21.9. The number of halogens is 4. The van der Waals surface area contributed by atoms with Gasteiger partial charge in [-0.15, -0.1) is 11.8 Å². The molecule has 0 aliphatic carbocycles. The molecule has 5 nitrogen and oxygen atoms in total. The molecule has 0 bridgehead atoms. The summed E-state index contributed by atoms with van der Waals surface area (Å²) in [7, 11) is -4.10. The van der Waals surface area contributed by atoms with Gasteiger partial charge in [0.05, 0.1) is 16.2 Å². The van der Waals surface area contributed by atoms with Crippen LogP contribution in [0.2, 0.25) is 0 Å². The summed E-state index contributed by atoms with van der Waals surface area (Å²) in [5, 5.41) is 0. The SMILES string of the molecule is O=C(CSc1ccc(F)cc1)N1CCN(S(=O)(=O)c2cccc(C(F)(F)F)c2)CC1. The van der Waals surface area contributed by atoms with Gasteiger partial charge in [0.2, 0.25) is 15.9 Å². The molecule has 0 aromatic heterocycles. The number of nitrogens with zero attached hydrogens (tertiary/aromatic N) is 2. The molecule has 1 amide bonds. The maximum atomic E-state index is 12.9.